The molecule has 1 aliphatic heterocycles. The van der Waals surface area contributed by atoms with Crippen LogP contribution in [-0.4, -0.2) is 17.7 Å². The lowest BCUT2D eigenvalue weighted by Crippen LogP contribution is -2.45. The van der Waals surface area contributed by atoms with E-state index < -0.39 is 0 Å². The van der Waals surface area contributed by atoms with Crippen LogP contribution in [0.2, 0.25) is 0 Å². The SMILES string of the molecule is CC(C)[C@H]1C(=O)C[C@H](c2ccccc2)N(C)[C@@H]1c1ccccc1. The molecule has 2 aromatic rings. The van der Waals surface area contributed by atoms with Crippen LogP contribution in [0.3, 0.4) is 0 Å². The zero-order valence-electron chi connectivity index (χ0n) is 14.1. The Kier molecular flexibility index (Phi) is 4.63. The molecule has 0 aliphatic carbocycles. The molecule has 1 saturated heterocycles. The molecular weight excluding hydrogens is 282 g/mol. The third-order valence-corrected chi connectivity index (χ3v) is 5.08. The molecule has 0 aromatic heterocycles. The van der Waals surface area contributed by atoms with E-state index in [1.807, 2.05) is 12.1 Å². The van der Waals surface area contributed by atoms with Gasteiger partial charge in [0, 0.05) is 24.4 Å². The molecular formula is C21H25NO. The summed E-state index contributed by atoms with van der Waals surface area (Å²) in [6.45, 7) is 4.32. The monoisotopic (exact) mass is 307 g/mol. The van der Waals surface area contributed by atoms with Gasteiger partial charge in [0.15, 0.2) is 0 Å². The average Bonchev–Trinajstić information content (AvgIpc) is 2.57. The van der Waals surface area contributed by atoms with Crippen molar-refractivity contribution in [3.05, 3.63) is 71.8 Å². The maximum absolute atomic E-state index is 12.9. The van der Waals surface area contributed by atoms with Crippen LogP contribution in [-0.2, 0) is 4.79 Å². The first kappa shape index (κ1) is 15.9. The second-order valence-electron chi connectivity index (χ2n) is 6.89. The highest BCUT2D eigenvalue weighted by molar-refractivity contribution is 5.84. The fourth-order valence-electron chi connectivity index (χ4n) is 3.95. The number of rotatable bonds is 3. The van der Waals surface area contributed by atoms with Crippen molar-refractivity contribution >= 4 is 5.78 Å². The van der Waals surface area contributed by atoms with Gasteiger partial charge in [0.05, 0.1) is 0 Å². The van der Waals surface area contributed by atoms with Gasteiger partial charge in [-0.1, -0.05) is 74.5 Å². The van der Waals surface area contributed by atoms with Crippen molar-refractivity contribution in [2.75, 3.05) is 7.05 Å². The molecule has 23 heavy (non-hydrogen) atoms. The number of ketones is 1. The van der Waals surface area contributed by atoms with E-state index in [2.05, 4.69) is 74.3 Å². The Morgan fingerprint density at radius 2 is 1.43 bits per heavy atom. The number of likely N-dealkylation sites (tertiary alicyclic amines) is 1. The van der Waals surface area contributed by atoms with Gasteiger partial charge in [-0.05, 0) is 24.1 Å². The van der Waals surface area contributed by atoms with Gasteiger partial charge in [-0.2, -0.15) is 0 Å². The Morgan fingerprint density at radius 1 is 0.913 bits per heavy atom. The van der Waals surface area contributed by atoms with Crippen LogP contribution in [0.5, 0.6) is 0 Å². The third-order valence-electron chi connectivity index (χ3n) is 5.08. The summed E-state index contributed by atoms with van der Waals surface area (Å²) in [5, 5.41) is 0. The number of carbonyl (C=O) groups excluding carboxylic acids is 1. The van der Waals surface area contributed by atoms with E-state index in [1.54, 1.807) is 0 Å². The Morgan fingerprint density at radius 3 is 1.96 bits per heavy atom. The predicted octanol–water partition coefficient (Wildman–Crippen LogP) is 4.65. The molecule has 2 nitrogen and oxygen atoms in total. The molecule has 0 amide bonds. The summed E-state index contributed by atoms with van der Waals surface area (Å²) in [4.78, 5) is 15.3. The third kappa shape index (κ3) is 3.09. The van der Waals surface area contributed by atoms with Crippen molar-refractivity contribution in [1.82, 2.24) is 4.90 Å². The second-order valence-corrected chi connectivity index (χ2v) is 6.89. The minimum absolute atomic E-state index is 0.0577. The molecule has 3 rings (SSSR count). The summed E-state index contributed by atoms with van der Waals surface area (Å²) in [6.07, 6.45) is 0.604. The quantitative estimate of drug-likeness (QED) is 0.823. The van der Waals surface area contributed by atoms with Crippen molar-refractivity contribution in [3.8, 4) is 0 Å². The van der Waals surface area contributed by atoms with Crippen molar-refractivity contribution in [2.24, 2.45) is 11.8 Å². The van der Waals surface area contributed by atoms with Gasteiger partial charge in [0.25, 0.3) is 0 Å². The molecule has 1 heterocycles. The zero-order chi connectivity index (χ0) is 16.4. The van der Waals surface area contributed by atoms with E-state index in [0.717, 1.165) is 0 Å². The lowest BCUT2D eigenvalue weighted by atomic mass is 9.74. The molecule has 1 fully saturated rings. The van der Waals surface area contributed by atoms with Gasteiger partial charge in [0.2, 0.25) is 0 Å². The van der Waals surface area contributed by atoms with E-state index in [1.165, 1.54) is 11.1 Å². The van der Waals surface area contributed by atoms with Crippen LogP contribution in [0.25, 0.3) is 0 Å². The maximum Gasteiger partial charge on any atom is 0.140 e. The lowest BCUT2D eigenvalue weighted by molar-refractivity contribution is -0.133. The van der Waals surface area contributed by atoms with Crippen molar-refractivity contribution in [2.45, 2.75) is 32.4 Å². The molecule has 0 spiro atoms. The normalized spacial score (nSPS) is 25.7. The standard InChI is InChI=1S/C21H25NO/c1-15(2)20-19(23)14-18(16-10-6-4-7-11-16)22(3)21(20)17-12-8-5-9-13-17/h4-13,15,18,20-21H,14H2,1-3H3/t18-,20+,21-/m1/s1. The van der Waals surface area contributed by atoms with Gasteiger partial charge in [-0.25, -0.2) is 0 Å². The van der Waals surface area contributed by atoms with E-state index >= 15 is 0 Å². The zero-order valence-corrected chi connectivity index (χ0v) is 14.1. The number of nitrogens with zero attached hydrogens (tertiary/aromatic N) is 1. The second kappa shape index (κ2) is 6.67. The number of hydrogen-bond acceptors (Lipinski definition) is 2. The molecule has 1 aliphatic rings. The highest BCUT2D eigenvalue weighted by Crippen LogP contribution is 2.44. The van der Waals surface area contributed by atoms with Crippen LogP contribution < -0.4 is 0 Å². The maximum atomic E-state index is 12.9. The Hall–Kier alpha value is -1.93. The van der Waals surface area contributed by atoms with Gasteiger partial charge in [0.1, 0.15) is 5.78 Å². The Balaban J connectivity index is 2.02. The fraction of sp³-hybridized carbons (Fsp3) is 0.381. The van der Waals surface area contributed by atoms with Crippen LogP contribution in [0.15, 0.2) is 60.7 Å². The summed E-state index contributed by atoms with van der Waals surface area (Å²) in [5.74, 6) is 0.787. The largest absolute Gasteiger partial charge is 0.299 e. The van der Waals surface area contributed by atoms with Crippen molar-refractivity contribution < 1.29 is 4.79 Å². The lowest BCUT2D eigenvalue weighted by Gasteiger charge is -2.45. The number of hydrogen-bond donors (Lipinski definition) is 0. The summed E-state index contributed by atoms with van der Waals surface area (Å²) in [5.41, 5.74) is 2.47. The van der Waals surface area contributed by atoms with Crippen LogP contribution in [0, 0.1) is 11.8 Å². The molecule has 3 atom stereocenters. The minimum Gasteiger partial charge on any atom is -0.299 e. The highest BCUT2D eigenvalue weighted by atomic mass is 16.1. The van der Waals surface area contributed by atoms with Crippen LogP contribution in [0.1, 0.15) is 43.5 Å². The summed E-state index contributed by atoms with van der Waals surface area (Å²) < 4.78 is 0. The number of carbonyl (C=O) groups is 1. The van der Waals surface area contributed by atoms with Crippen molar-refractivity contribution in [3.63, 3.8) is 0 Å². The van der Waals surface area contributed by atoms with Crippen molar-refractivity contribution in [1.29, 1.82) is 0 Å². The summed E-state index contributed by atoms with van der Waals surface area (Å²) in [6, 6.07) is 21.2. The first-order chi connectivity index (χ1) is 11.1. The summed E-state index contributed by atoms with van der Waals surface area (Å²) in [7, 11) is 2.16. The molecule has 0 bridgehead atoms. The molecule has 2 aromatic carbocycles. The predicted molar refractivity (Wildman–Crippen MR) is 94.1 cm³/mol. The molecule has 120 valence electrons. The van der Waals surface area contributed by atoms with Crippen LogP contribution >= 0.6 is 0 Å². The Bertz CT molecular complexity index is 650. The molecule has 2 heteroatoms. The molecule has 0 saturated carbocycles. The van der Waals surface area contributed by atoms with Crippen LogP contribution in [0.4, 0.5) is 0 Å². The topological polar surface area (TPSA) is 20.3 Å². The van der Waals surface area contributed by atoms with E-state index in [9.17, 15) is 4.79 Å². The number of benzene rings is 2. The average molecular weight is 307 g/mol. The fourth-order valence-corrected chi connectivity index (χ4v) is 3.95. The minimum atomic E-state index is 0.0577. The van der Waals surface area contributed by atoms with Gasteiger partial charge < -0.3 is 0 Å². The van der Waals surface area contributed by atoms with Gasteiger partial charge in [-0.3, -0.25) is 9.69 Å². The van der Waals surface area contributed by atoms with E-state index in [-0.39, 0.29) is 18.0 Å². The molecule has 0 radical (unpaired) electrons. The smallest absolute Gasteiger partial charge is 0.140 e. The van der Waals surface area contributed by atoms with Gasteiger partial charge in [-0.15, -0.1) is 0 Å². The van der Waals surface area contributed by atoms with E-state index in [0.29, 0.717) is 18.1 Å². The first-order valence-electron chi connectivity index (χ1n) is 8.44. The number of Topliss-reactive ketones (excluding diaryl/α,β-unsaturated/α-hetero) is 1. The number of piperidine rings is 1. The molecule has 0 unspecified atom stereocenters. The van der Waals surface area contributed by atoms with E-state index in [4.69, 9.17) is 0 Å². The summed E-state index contributed by atoms with van der Waals surface area (Å²) >= 11 is 0. The first-order valence-corrected chi connectivity index (χ1v) is 8.44. The Labute approximate surface area is 139 Å². The van der Waals surface area contributed by atoms with Gasteiger partial charge >= 0.3 is 0 Å². The molecule has 0 N–H and O–H groups in total. The highest BCUT2D eigenvalue weighted by Gasteiger charge is 2.42.